The van der Waals surface area contributed by atoms with Crippen LogP contribution in [0.15, 0.2) is 42.5 Å². The standard InChI is InChI=1S/C17H18FN3OS/c1-11-3-6-14(9-12(11)2)16(22)20-21-17(23)19-10-13-4-7-15(18)8-5-13/h3-9H,10H2,1-2H3,(H,20,22)(H2,19,21,23). The van der Waals surface area contributed by atoms with Crippen molar-refractivity contribution in [2.45, 2.75) is 20.4 Å². The number of carbonyl (C=O) groups is 1. The van der Waals surface area contributed by atoms with Crippen molar-refractivity contribution in [3.05, 3.63) is 70.5 Å². The lowest BCUT2D eigenvalue weighted by atomic mass is 10.1. The zero-order chi connectivity index (χ0) is 16.8. The first-order chi connectivity index (χ1) is 11.0. The van der Waals surface area contributed by atoms with Gasteiger partial charge in [-0.05, 0) is 67.0 Å². The average molecular weight is 331 g/mol. The lowest BCUT2D eigenvalue weighted by Gasteiger charge is -2.12. The summed E-state index contributed by atoms with van der Waals surface area (Å²) in [5.41, 5.74) is 8.81. The van der Waals surface area contributed by atoms with Crippen LogP contribution in [0, 0.1) is 19.7 Å². The highest BCUT2D eigenvalue weighted by molar-refractivity contribution is 7.80. The lowest BCUT2D eigenvalue weighted by molar-refractivity contribution is 0.0943. The van der Waals surface area contributed by atoms with Crippen molar-refractivity contribution in [1.29, 1.82) is 0 Å². The smallest absolute Gasteiger partial charge is 0.269 e. The Hall–Kier alpha value is -2.47. The number of aryl methyl sites for hydroxylation is 2. The third-order valence-electron chi connectivity index (χ3n) is 3.42. The summed E-state index contributed by atoms with van der Waals surface area (Å²) < 4.78 is 12.8. The molecule has 2 rings (SSSR count). The summed E-state index contributed by atoms with van der Waals surface area (Å²) in [5.74, 6) is -0.547. The number of hydrogen-bond acceptors (Lipinski definition) is 2. The Morgan fingerprint density at radius 2 is 1.74 bits per heavy atom. The number of halogens is 1. The minimum absolute atomic E-state index is 0.265. The van der Waals surface area contributed by atoms with Crippen molar-refractivity contribution in [1.82, 2.24) is 16.2 Å². The van der Waals surface area contributed by atoms with Crippen molar-refractivity contribution < 1.29 is 9.18 Å². The molecule has 0 aliphatic heterocycles. The van der Waals surface area contributed by atoms with Gasteiger partial charge in [0.1, 0.15) is 5.82 Å². The quantitative estimate of drug-likeness (QED) is 0.598. The molecule has 6 heteroatoms. The van der Waals surface area contributed by atoms with Gasteiger partial charge < -0.3 is 5.32 Å². The van der Waals surface area contributed by atoms with E-state index in [-0.39, 0.29) is 16.8 Å². The van der Waals surface area contributed by atoms with Gasteiger partial charge in [0.2, 0.25) is 0 Å². The highest BCUT2D eigenvalue weighted by Crippen LogP contribution is 2.09. The van der Waals surface area contributed by atoms with Crippen LogP contribution in [0.2, 0.25) is 0 Å². The fraction of sp³-hybridized carbons (Fsp3) is 0.176. The van der Waals surface area contributed by atoms with Crippen LogP contribution in [0.4, 0.5) is 4.39 Å². The fourth-order valence-corrected chi connectivity index (χ4v) is 2.02. The van der Waals surface area contributed by atoms with Gasteiger partial charge in [-0.15, -0.1) is 0 Å². The first-order valence-electron chi connectivity index (χ1n) is 7.11. The van der Waals surface area contributed by atoms with Crippen molar-refractivity contribution in [2.24, 2.45) is 0 Å². The van der Waals surface area contributed by atoms with Gasteiger partial charge in [0.05, 0.1) is 0 Å². The Morgan fingerprint density at radius 3 is 2.39 bits per heavy atom. The second kappa shape index (κ2) is 7.69. The average Bonchev–Trinajstić information content (AvgIpc) is 2.54. The van der Waals surface area contributed by atoms with Crippen LogP contribution in [-0.4, -0.2) is 11.0 Å². The molecular weight excluding hydrogens is 313 g/mol. The van der Waals surface area contributed by atoms with E-state index in [1.165, 1.54) is 12.1 Å². The van der Waals surface area contributed by atoms with Crippen LogP contribution < -0.4 is 16.2 Å². The second-order valence-corrected chi connectivity index (χ2v) is 5.60. The Kier molecular flexibility index (Phi) is 5.65. The van der Waals surface area contributed by atoms with E-state index < -0.39 is 0 Å². The van der Waals surface area contributed by atoms with Crippen molar-refractivity contribution in [3.63, 3.8) is 0 Å². The molecule has 0 spiro atoms. The van der Waals surface area contributed by atoms with Crippen molar-refractivity contribution >= 4 is 23.2 Å². The predicted octanol–water partition coefficient (Wildman–Crippen LogP) is 2.75. The highest BCUT2D eigenvalue weighted by Gasteiger charge is 2.06. The Morgan fingerprint density at radius 1 is 1.04 bits per heavy atom. The van der Waals surface area contributed by atoms with Crippen LogP contribution in [-0.2, 0) is 6.54 Å². The topological polar surface area (TPSA) is 53.2 Å². The molecule has 2 aromatic rings. The van der Waals surface area contributed by atoms with Crippen molar-refractivity contribution in [3.8, 4) is 0 Å². The molecule has 4 nitrogen and oxygen atoms in total. The Labute approximate surface area is 140 Å². The van der Waals surface area contributed by atoms with Gasteiger partial charge in [-0.2, -0.15) is 0 Å². The zero-order valence-electron chi connectivity index (χ0n) is 12.9. The summed E-state index contributed by atoms with van der Waals surface area (Å²) in [6.07, 6.45) is 0. The SMILES string of the molecule is Cc1ccc(C(=O)NNC(=S)NCc2ccc(F)cc2)cc1C. The predicted molar refractivity (Wildman–Crippen MR) is 92.4 cm³/mol. The van der Waals surface area contributed by atoms with E-state index in [2.05, 4.69) is 16.2 Å². The van der Waals surface area contributed by atoms with Crippen LogP contribution in [0.5, 0.6) is 0 Å². The maximum absolute atomic E-state index is 12.8. The molecule has 0 bridgehead atoms. The largest absolute Gasteiger partial charge is 0.357 e. The number of amides is 1. The van der Waals surface area contributed by atoms with Crippen LogP contribution in [0.1, 0.15) is 27.0 Å². The van der Waals surface area contributed by atoms with Gasteiger partial charge in [-0.3, -0.25) is 15.6 Å². The number of carbonyl (C=O) groups excluding carboxylic acids is 1. The molecule has 0 saturated carbocycles. The molecule has 0 aliphatic rings. The van der Waals surface area contributed by atoms with Gasteiger partial charge in [0.15, 0.2) is 5.11 Å². The summed E-state index contributed by atoms with van der Waals surface area (Å²) >= 11 is 5.08. The van der Waals surface area contributed by atoms with Gasteiger partial charge >= 0.3 is 0 Å². The molecular formula is C17H18FN3OS. The van der Waals surface area contributed by atoms with Crippen molar-refractivity contribution in [2.75, 3.05) is 0 Å². The number of benzene rings is 2. The van der Waals surface area contributed by atoms with E-state index in [0.29, 0.717) is 12.1 Å². The Bertz CT molecular complexity index is 716. The number of nitrogens with one attached hydrogen (secondary N) is 3. The second-order valence-electron chi connectivity index (χ2n) is 5.19. The number of rotatable bonds is 3. The monoisotopic (exact) mass is 331 g/mol. The molecule has 0 aliphatic carbocycles. The van der Waals surface area contributed by atoms with Gasteiger partial charge in [-0.25, -0.2) is 4.39 Å². The highest BCUT2D eigenvalue weighted by atomic mass is 32.1. The van der Waals surface area contributed by atoms with E-state index in [1.54, 1.807) is 18.2 Å². The van der Waals surface area contributed by atoms with Gasteiger partial charge in [-0.1, -0.05) is 18.2 Å². The molecule has 23 heavy (non-hydrogen) atoms. The normalized spacial score (nSPS) is 10.0. The molecule has 0 saturated heterocycles. The van der Waals surface area contributed by atoms with Crippen LogP contribution in [0.3, 0.4) is 0 Å². The van der Waals surface area contributed by atoms with Gasteiger partial charge in [0, 0.05) is 12.1 Å². The van der Waals surface area contributed by atoms with E-state index in [4.69, 9.17) is 12.2 Å². The summed E-state index contributed by atoms with van der Waals surface area (Å²) in [4.78, 5) is 12.0. The minimum atomic E-state index is -0.282. The third kappa shape index (κ3) is 5.03. The number of hydrogen-bond donors (Lipinski definition) is 3. The lowest BCUT2D eigenvalue weighted by Crippen LogP contribution is -2.46. The third-order valence-corrected chi connectivity index (χ3v) is 3.67. The molecule has 0 unspecified atom stereocenters. The summed E-state index contributed by atoms with van der Waals surface area (Å²) in [6.45, 7) is 4.38. The fourth-order valence-electron chi connectivity index (χ4n) is 1.90. The van der Waals surface area contributed by atoms with E-state index in [0.717, 1.165) is 16.7 Å². The molecule has 3 N–H and O–H groups in total. The molecule has 0 atom stereocenters. The summed E-state index contributed by atoms with van der Waals surface area (Å²) in [6, 6.07) is 11.6. The van der Waals surface area contributed by atoms with E-state index in [1.807, 2.05) is 26.0 Å². The first kappa shape index (κ1) is 16.9. The van der Waals surface area contributed by atoms with Gasteiger partial charge in [0.25, 0.3) is 5.91 Å². The summed E-state index contributed by atoms with van der Waals surface area (Å²) in [7, 11) is 0. The van der Waals surface area contributed by atoms with E-state index in [9.17, 15) is 9.18 Å². The number of thiocarbonyl (C=S) groups is 1. The molecule has 1 amide bonds. The summed E-state index contributed by atoms with van der Waals surface area (Å²) in [5, 5.41) is 3.21. The van der Waals surface area contributed by atoms with E-state index >= 15 is 0 Å². The molecule has 0 aromatic heterocycles. The van der Waals surface area contributed by atoms with Crippen LogP contribution in [0.25, 0.3) is 0 Å². The molecule has 0 heterocycles. The first-order valence-corrected chi connectivity index (χ1v) is 7.52. The molecule has 0 fully saturated rings. The maximum Gasteiger partial charge on any atom is 0.269 e. The molecule has 0 radical (unpaired) electrons. The minimum Gasteiger partial charge on any atom is -0.357 e. The zero-order valence-corrected chi connectivity index (χ0v) is 13.8. The molecule has 2 aromatic carbocycles. The maximum atomic E-state index is 12.8. The van der Waals surface area contributed by atoms with Crippen LogP contribution >= 0.6 is 12.2 Å². The Balaban J connectivity index is 1.80. The number of hydrazine groups is 1. The molecule has 120 valence electrons.